The van der Waals surface area contributed by atoms with Gasteiger partial charge in [-0.15, -0.1) is 0 Å². The zero-order valence-corrected chi connectivity index (χ0v) is 13.9. The fourth-order valence-corrected chi connectivity index (χ4v) is 1.63. The van der Waals surface area contributed by atoms with Crippen LogP contribution in [0.25, 0.3) is 0 Å². The maximum atomic E-state index is 11.6. The van der Waals surface area contributed by atoms with E-state index < -0.39 is 11.6 Å². The molecule has 0 aliphatic carbocycles. The van der Waals surface area contributed by atoms with Gasteiger partial charge in [-0.1, -0.05) is 13.8 Å². The second-order valence-corrected chi connectivity index (χ2v) is 6.25. The van der Waals surface area contributed by atoms with Crippen molar-refractivity contribution in [2.75, 3.05) is 13.2 Å². The molecule has 0 aromatic heterocycles. The Morgan fingerprint density at radius 3 is 2.19 bits per heavy atom. The number of ketones is 2. The van der Waals surface area contributed by atoms with Crippen molar-refractivity contribution in [3.63, 3.8) is 0 Å². The minimum absolute atomic E-state index is 0.0588. The monoisotopic (exact) mass is 300 g/mol. The van der Waals surface area contributed by atoms with Gasteiger partial charge >= 0.3 is 5.97 Å². The van der Waals surface area contributed by atoms with E-state index in [1.807, 2.05) is 13.8 Å². The highest BCUT2D eigenvalue weighted by atomic mass is 16.6. The number of esters is 1. The average molecular weight is 300 g/mol. The van der Waals surface area contributed by atoms with Crippen molar-refractivity contribution < 1.29 is 23.9 Å². The topological polar surface area (TPSA) is 69.7 Å². The Balaban J connectivity index is 3.73. The molecule has 0 aromatic rings. The molecule has 5 heteroatoms. The fourth-order valence-electron chi connectivity index (χ4n) is 1.63. The highest BCUT2D eigenvalue weighted by Gasteiger charge is 2.16. The molecule has 5 nitrogen and oxygen atoms in total. The number of rotatable bonds is 10. The molecular formula is C16H28O5. The van der Waals surface area contributed by atoms with Crippen LogP contribution in [0.1, 0.15) is 60.3 Å². The lowest BCUT2D eigenvalue weighted by Crippen LogP contribution is -2.27. The lowest BCUT2D eigenvalue weighted by Gasteiger charge is -2.19. The lowest BCUT2D eigenvalue weighted by molar-refractivity contribution is -0.160. The normalized spacial score (nSPS) is 12.8. The zero-order valence-electron chi connectivity index (χ0n) is 13.9. The molecule has 0 saturated heterocycles. The molecule has 0 aliphatic heterocycles. The van der Waals surface area contributed by atoms with Crippen molar-refractivity contribution in [3.8, 4) is 0 Å². The molecule has 1 unspecified atom stereocenters. The van der Waals surface area contributed by atoms with Crippen molar-refractivity contribution in [1.29, 1.82) is 0 Å². The summed E-state index contributed by atoms with van der Waals surface area (Å²) < 4.78 is 10.1. The molecular weight excluding hydrogens is 272 g/mol. The van der Waals surface area contributed by atoms with Crippen LogP contribution in [0.3, 0.4) is 0 Å². The summed E-state index contributed by atoms with van der Waals surface area (Å²) in [7, 11) is 0. The number of hydrogen-bond donors (Lipinski definition) is 0. The standard InChI is InChI=1S/C16H28O5/c1-6-12(2)14(18)9-7-8-13(17)10-20-11-15(19)21-16(3,4)5/h12H,6-11H2,1-5H3. The number of Topliss-reactive ketones (excluding diaryl/α,β-unsaturated/α-hetero) is 2. The van der Waals surface area contributed by atoms with Gasteiger partial charge in [0.15, 0.2) is 5.78 Å². The van der Waals surface area contributed by atoms with Crippen molar-refractivity contribution in [1.82, 2.24) is 0 Å². The summed E-state index contributed by atoms with van der Waals surface area (Å²) in [6.07, 6.45) is 2.09. The van der Waals surface area contributed by atoms with Crippen LogP contribution < -0.4 is 0 Å². The predicted molar refractivity (Wildman–Crippen MR) is 80.0 cm³/mol. The quantitative estimate of drug-likeness (QED) is 0.580. The van der Waals surface area contributed by atoms with Gasteiger partial charge in [0.1, 0.15) is 24.6 Å². The molecule has 0 spiro atoms. The van der Waals surface area contributed by atoms with Gasteiger partial charge in [0.2, 0.25) is 0 Å². The Bertz CT molecular complexity index is 354. The van der Waals surface area contributed by atoms with Crippen molar-refractivity contribution >= 4 is 17.5 Å². The highest BCUT2D eigenvalue weighted by molar-refractivity contribution is 5.83. The first-order valence-corrected chi connectivity index (χ1v) is 7.49. The van der Waals surface area contributed by atoms with E-state index in [0.29, 0.717) is 19.3 Å². The first-order valence-electron chi connectivity index (χ1n) is 7.49. The summed E-state index contributed by atoms with van der Waals surface area (Å²) in [4.78, 5) is 34.5. The van der Waals surface area contributed by atoms with Crippen LogP contribution in [0.5, 0.6) is 0 Å². The van der Waals surface area contributed by atoms with Gasteiger partial charge in [-0.2, -0.15) is 0 Å². The minimum Gasteiger partial charge on any atom is -0.458 e. The highest BCUT2D eigenvalue weighted by Crippen LogP contribution is 2.09. The van der Waals surface area contributed by atoms with Gasteiger partial charge < -0.3 is 9.47 Å². The minimum atomic E-state index is -0.555. The number of hydrogen-bond acceptors (Lipinski definition) is 5. The van der Waals surface area contributed by atoms with Gasteiger partial charge in [0.05, 0.1) is 0 Å². The largest absolute Gasteiger partial charge is 0.458 e. The van der Waals surface area contributed by atoms with Crippen molar-refractivity contribution in [2.45, 2.75) is 65.9 Å². The summed E-state index contributed by atoms with van der Waals surface area (Å²) in [6.45, 7) is 8.83. The summed E-state index contributed by atoms with van der Waals surface area (Å²) in [5, 5.41) is 0. The van der Waals surface area contributed by atoms with Gasteiger partial charge in [-0.25, -0.2) is 4.79 Å². The number of ether oxygens (including phenoxy) is 2. The van der Waals surface area contributed by atoms with Gasteiger partial charge in [0, 0.05) is 18.8 Å². The predicted octanol–water partition coefficient (Wildman–Crippen LogP) is 2.70. The Labute approximate surface area is 127 Å². The average Bonchev–Trinajstić information content (AvgIpc) is 2.35. The van der Waals surface area contributed by atoms with Crippen LogP contribution in [0.4, 0.5) is 0 Å². The van der Waals surface area contributed by atoms with Gasteiger partial charge in [-0.3, -0.25) is 9.59 Å². The molecule has 0 rings (SSSR count). The van der Waals surface area contributed by atoms with Crippen molar-refractivity contribution in [2.24, 2.45) is 5.92 Å². The third kappa shape index (κ3) is 11.1. The molecule has 0 heterocycles. The van der Waals surface area contributed by atoms with E-state index in [0.717, 1.165) is 6.42 Å². The summed E-state index contributed by atoms with van der Waals surface area (Å²) in [6, 6.07) is 0. The van der Waals surface area contributed by atoms with Crippen LogP contribution in [0.15, 0.2) is 0 Å². The van der Waals surface area contributed by atoms with E-state index in [4.69, 9.17) is 9.47 Å². The van der Waals surface area contributed by atoms with Crippen LogP contribution in [0.2, 0.25) is 0 Å². The van der Waals surface area contributed by atoms with Crippen molar-refractivity contribution in [3.05, 3.63) is 0 Å². The second-order valence-electron chi connectivity index (χ2n) is 6.25. The van der Waals surface area contributed by atoms with E-state index in [9.17, 15) is 14.4 Å². The third-order valence-corrected chi connectivity index (χ3v) is 2.94. The Morgan fingerprint density at radius 1 is 1.05 bits per heavy atom. The Hall–Kier alpha value is -1.23. The van der Waals surface area contributed by atoms with Crippen LogP contribution in [0, 0.1) is 5.92 Å². The van der Waals surface area contributed by atoms with Crippen LogP contribution in [-0.4, -0.2) is 36.4 Å². The molecule has 0 saturated carbocycles. The third-order valence-electron chi connectivity index (χ3n) is 2.94. The Morgan fingerprint density at radius 2 is 1.67 bits per heavy atom. The first-order chi connectivity index (χ1) is 9.65. The zero-order chi connectivity index (χ0) is 16.5. The van der Waals surface area contributed by atoms with Gasteiger partial charge in [0.25, 0.3) is 0 Å². The molecule has 21 heavy (non-hydrogen) atoms. The van der Waals surface area contributed by atoms with Crippen LogP contribution >= 0.6 is 0 Å². The molecule has 1 atom stereocenters. The second kappa shape index (κ2) is 9.66. The summed E-state index contributed by atoms with van der Waals surface area (Å²) >= 11 is 0. The Kier molecular flexibility index (Phi) is 9.09. The van der Waals surface area contributed by atoms with E-state index in [-0.39, 0.29) is 30.7 Å². The SMILES string of the molecule is CCC(C)C(=O)CCCC(=O)COCC(=O)OC(C)(C)C. The lowest BCUT2D eigenvalue weighted by atomic mass is 9.99. The van der Waals surface area contributed by atoms with E-state index in [1.54, 1.807) is 20.8 Å². The maximum absolute atomic E-state index is 11.6. The smallest absolute Gasteiger partial charge is 0.332 e. The van der Waals surface area contributed by atoms with E-state index >= 15 is 0 Å². The fraction of sp³-hybridized carbons (Fsp3) is 0.812. The molecule has 0 amide bonds. The molecule has 0 N–H and O–H groups in total. The number of carbonyl (C=O) groups excluding carboxylic acids is 3. The molecule has 0 aliphatic rings. The van der Waals surface area contributed by atoms with E-state index in [2.05, 4.69) is 0 Å². The number of carbonyl (C=O) groups is 3. The summed E-state index contributed by atoms with van der Waals surface area (Å²) in [5.41, 5.74) is -0.555. The van der Waals surface area contributed by atoms with Crippen LogP contribution in [-0.2, 0) is 23.9 Å². The first kappa shape index (κ1) is 19.8. The molecule has 0 bridgehead atoms. The molecule has 0 aromatic carbocycles. The van der Waals surface area contributed by atoms with E-state index in [1.165, 1.54) is 0 Å². The molecule has 0 radical (unpaired) electrons. The molecule has 0 fully saturated rings. The van der Waals surface area contributed by atoms with Gasteiger partial charge in [-0.05, 0) is 33.6 Å². The summed E-state index contributed by atoms with van der Waals surface area (Å²) in [5.74, 6) is -0.332. The molecule has 122 valence electrons. The maximum Gasteiger partial charge on any atom is 0.332 e.